The third kappa shape index (κ3) is 5.40. The Morgan fingerprint density at radius 1 is 1.23 bits per heavy atom. The van der Waals surface area contributed by atoms with Gasteiger partial charge < -0.3 is 5.32 Å². The number of hydrogen-bond acceptors (Lipinski definition) is 5. The maximum Gasteiger partial charge on any atom is 0.249 e. The number of nitrogens with zero attached hydrogens (tertiary/aromatic N) is 2. The summed E-state index contributed by atoms with van der Waals surface area (Å²) in [7, 11) is 0. The van der Waals surface area contributed by atoms with Gasteiger partial charge in [-0.1, -0.05) is 55.3 Å². The van der Waals surface area contributed by atoms with E-state index in [9.17, 15) is 9.59 Å². The summed E-state index contributed by atoms with van der Waals surface area (Å²) in [6.45, 7) is 5.40. The molecule has 1 heterocycles. The molecule has 9 heteroatoms. The molecule has 2 aromatic rings. The van der Waals surface area contributed by atoms with Crippen LogP contribution in [-0.4, -0.2) is 33.4 Å². The smallest absolute Gasteiger partial charge is 0.249 e. The zero-order valence-corrected chi connectivity index (χ0v) is 17.0. The first-order valence-corrected chi connectivity index (χ1v) is 9.79. The van der Waals surface area contributed by atoms with Gasteiger partial charge in [-0.2, -0.15) is 0 Å². The zero-order chi connectivity index (χ0) is 19.3. The molecule has 0 saturated heterocycles. The lowest BCUT2D eigenvalue weighted by molar-refractivity contribution is -0.127. The SMILES string of the molecule is CC[C@@H](C)[C@H](NC(=O)[C@@H](C)Cl)C(=O)Nc1nnc(-c2cccc(Cl)c2)s1. The Balaban J connectivity index is 2.12. The van der Waals surface area contributed by atoms with Gasteiger partial charge >= 0.3 is 0 Å². The molecule has 2 N–H and O–H groups in total. The van der Waals surface area contributed by atoms with E-state index in [1.165, 1.54) is 11.3 Å². The number of carbonyl (C=O) groups is 2. The van der Waals surface area contributed by atoms with Crippen molar-refractivity contribution in [3.63, 3.8) is 0 Å². The number of anilines is 1. The quantitative estimate of drug-likeness (QED) is 0.671. The number of halogens is 2. The third-order valence-corrected chi connectivity index (χ3v) is 5.20. The van der Waals surface area contributed by atoms with Crippen LogP contribution in [0.3, 0.4) is 0 Å². The summed E-state index contributed by atoms with van der Waals surface area (Å²) in [6, 6.07) is 6.53. The minimum Gasteiger partial charge on any atom is -0.343 e. The third-order valence-electron chi connectivity index (χ3n) is 3.88. The molecule has 0 radical (unpaired) electrons. The average molecular weight is 415 g/mol. The Kier molecular flexibility index (Phi) is 7.37. The lowest BCUT2D eigenvalue weighted by Crippen LogP contribution is -2.49. The fourth-order valence-electron chi connectivity index (χ4n) is 2.17. The van der Waals surface area contributed by atoms with E-state index in [-0.39, 0.29) is 17.7 Å². The molecule has 1 aromatic heterocycles. The number of alkyl halides is 1. The summed E-state index contributed by atoms with van der Waals surface area (Å²) < 4.78 is 0. The Bertz CT molecular complexity index is 782. The molecule has 0 fully saturated rings. The number of hydrogen-bond donors (Lipinski definition) is 2. The van der Waals surface area contributed by atoms with Gasteiger partial charge in [-0.25, -0.2) is 0 Å². The molecule has 0 saturated carbocycles. The van der Waals surface area contributed by atoms with E-state index in [0.29, 0.717) is 15.2 Å². The zero-order valence-electron chi connectivity index (χ0n) is 14.6. The predicted octanol–water partition coefficient (Wildman–Crippen LogP) is 3.96. The molecule has 0 unspecified atom stereocenters. The van der Waals surface area contributed by atoms with Gasteiger partial charge in [0.05, 0.1) is 0 Å². The second-order valence-electron chi connectivity index (χ2n) is 5.90. The lowest BCUT2D eigenvalue weighted by Gasteiger charge is -2.23. The number of carbonyl (C=O) groups excluding carboxylic acids is 2. The average Bonchev–Trinajstić information content (AvgIpc) is 3.07. The van der Waals surface area contributed by atoms with Crippen LogP contribution in [0.4, 0.5) is 5.13 Å². The molecule has 0 aliphatic carbocycles. The maximum atomic E-state index is 12.6. The minimum absolute atomic E-state index is 0.0605. The van der Waals surface area contributed by atoms with Crippen molar-refractivity contribution < 1.29 is 9.59 Å². The molecule has 0 bridgehead atoms. The molecular formula is C17H20Cl2N4O2S. The first-order chi connectivity index (χ1) is 12.3. The number of nitrogens with one attached hydrogen (secondary N) is 2. The van der Waals surface area contributed by atoms with E-state index in [2.05, 4.69) is 20.8 Å². The van der Waals surface area contributed by atoms with Gasteiger partial charge in [0.15, 0.2) is 0 Å². The van der Waals surface area contributed by atoms with E-state index in [1.807, 2.05) is 26.0 Å². The standard InChI is InChI=1S/C17H20Cl2N4O2S/c1-4-9(2)13(20-14(24)10(3)18)15(25)21-17-23-22-16(26-17)11-6-5-7-12(19)8-11/h5-10,13H,4H2,1-3H3,(H,20,24)(H,21,23,25)/t9-,10-,13+/m1/s1. The molecule has 0 aliphatic rings. The van der Waals surface area contributed by atoms with E-state index in [4.69, 9.17) is 23.2 Å². The van der Waals surface area contributed by atoms with Gasteiger partial charge in [0, 0.05) is 10.6 Å². The molecule has 3 atom stereocenters. The Hall–Kier alpha value is -1.70. The van der Waals surface area contributed by atoms with E-state index in [1.54, 1.807) is 19.1 Å². The fourth-order valence-corrected chi connectivity index (χ4v) is 3.16. The summed E-state index contributed by atoms with van der Waals surface area (Å²) in [5, 5.41) is 14.4. The van der Waals surface area contributed by atoms with Crippen molar-refractivity contribution in [1.82, 2.24) is 15.5 Å². The van der Waals surface area contributed by atoms with Crippen LogP contribution in [0.15, 0.2) is 24.3 Å². The summed E-state index contributed by atoms with van der Waals surface area (Å²) in [5.41, 5.74) is 0.818. The van der Waals surface area contributed by atoms with Crippen LogP contribution in [-0.2, 0) is 9.59 Å². The van der Waals surface area contributed by atoms with Crippen molar-refractivity contribution in [2.45, 2.75) is 38.6 Å². The summed E-state index contributed by atoms with van der Waals surface area (Å²) in [5.74, 6) is -0.794. The molecule has 26 heavy (non-hydrogen) atoms. The fraction of sp³-hybridized carbons (Fsp3) is 0.412. The van der Waals surface area contributed by atoms with Crippen molar-refractivity contribution in [3.05, 3.63) is 29.3 Å². The van der Waals surface area contributed by atoms with Gasteiger partial charge in [0.2, 0.25) is 16.9 Å². The number of amides is 2. The lowest BCUT2D eigenvalue weighted by atomic mass is 9.98. The van der Waals surface area contributed by atoms with Crippen LogP contribution < -0.4 is 10.6 Å². The molecular weight excluding hydrogens is 395 g/mol. The van der Waals surface area contributed by atoms with Gasteiger partial charge in [0.1, 0.15) is 16.4 Å². The molecule has 1 aromatic carbocycles. The molecule has 2 amide bonds. The van der Waals surface area contributed by atoms with Gasteiger partial charge in [-0.15, -0.1) is 21.8 Å². The Morgan fingerprint density at radius 3 is 2.58 bits per heavy atom. The van der Waals surface area contributed by atoms with Crippen LogP contribution in [0.25, 0.3) is 10.6 Å². The van der Waals surface area contributed by atoms with E-state index in [0.717, 1.165) is 12.0 Å². The first-order valence-electron chi connectivity index (χ1n) is 8.16. The second kappa shape index (κ2) is 9.30. The normalized spacial score (nSPS) is 14.3. The molecule has 2 rings (SSSR count). The van der Waals surface area contributed by atoms with Crippen molar-refractivity contribution in [1.29, 1.82) is 0 Å². The molecule has 0 spiro atoms. The van der Waals surface area contributed by atoms with Gasteiger partial charge in [-0.05, 0) is 25.0 Å². The Labute approximate surface area is 166 Å². The van der Waals surface area contributed by atoms with Crippen molar-refractivity contribution in [3.8, 4) is 10.6 Å². The van der Waals surface area contributed by atoms with Crippen LogP contribution in [0.1, 0.15) is 27.2 Å². The number of aromatic nitrogens is 2. The first kappa shape index (κ1) is 20.6. The number of benzene rings is 1. The molecule has 140 valence electrons. The molecule has 6 nitrogen and oxygen atoms in total. The largest absolute Gasteiger partial charge is 0.343 e. The highest BCUT2D eigenvalue weighted by Gasteiger charge is 2.28. The van der Waals surface area contributed by atoms with Crippen molar-refractivity contribution in [2.24, 2.45) is 5.92 Å². The monoisotopic (exact) mass is 414 g/mol. The highest BCUT2D eigenvalue weighted by molar-refractivity contribution is 7.18. The predicted molar refractivity (Wildman–Crippen MR) is 106 cm³/mol. The molecule has 0 aliphatic heterocycles. The summed E-state index contributed by atoms with van der Waals surface area (Å²) in [4.78, 5) is 24.5. The summed E-state index contributed by atoms with van der Waals surface area (Å²) >= 11 is 13.0. The topological polar surface area (TPSA) is 84.0 Å². The summed E-state index contributed by atoms with van der Waals surface area (Å²) in [6.07, 6.45) is 0.721. The Morgan fingerprint density at radius 2 is 1.96 bits per heavy atom. The second-order valence-corrected chi connectivity index (χ2v) is 7.97. The van der Waals surface area contributed by atoms with Crippen LogP contribution in [0, 0.1) is 5.92 Å². The van der Waals surface area contributed by atoms with Crippen LogP contribution in [0.5, 0.6) is 0 Å². The van der Waals surface area contributed by atoms with Gasteiger partial charge in [0.25, 0.3) is 0 Å². The highest BCUT2D eigenvalue weighted by Crippen LogP contribution is 2.28. The van der Waals surface area contributed by atoms with Crippen LogP contribution in [0.2, 0.25) is 5.02 Å². The highest BCUT2D eigenvalue weighted by atomic mass is 35.5. The van der Waals surface area contributed by atoms with Gasteiger partial charge in [-0.3, -0.25) is 14.9 Å². The maximum absolute atomic E-state index is 12.6. The van der Waals surface area contributed by atoms with Crippen molar-refractivity contribution in [2.75, 3.05) is 5.32 Å². The number of rotatable bonds is 7. The van der Waals surface area contributed by atoms with E-state index < -0.39 is 11.4 Å². The van der Waals surface area contributed by atoms with E-state index >= 15 is 0 Å². The van der Waals surface area contributed by atoms with Crippen LogP contribution >= 0.6 is 34.5 Å². The minimum atomic E-state index is -0.717. The van der Waals surface area contributed by atoms with Crippen molar-refractivity contribution >= 4 is 51.5 Å².